The summed E-state index contributed by atoms with van der Waals surface area (Å²) in [7, 11) is 1.79. The summed E-state index contributed by atoms with van der Waals surface area (Å²) in [4.78, 5) is 32.1. The molecule has 1 aliphatic rings. The molecule has 0 fully saturated rings. The lowest BCUT2D eigenvalue weighted by Crippen LogP contribution is -2.33. The molecule has 2 amide bonds. The lowest BCUT2D eigenvalue weighted by Gasteiger charge is -2.20. The third-order valence-electron chi connectivity index (χ3n) is 3.83. The second kappa shape index (κ2) is 7.84. The van der Waals surface area contributed by atoms with E-state index >= 15 is 0 Å². The number of aryl methyl sites for hydroxylation is 1. The molecule has 0 N–H and O–H groups in total. The fourth-order valence-corrected chi connectivity index (χ4v) is 4.05. The molecule has 7 heteroatoms. The summed E-state index contributed by atoms with van der Waals surface area (Å²) in [5, 5.41) is 4.63. The van der Waals surface area contributed by atoms with Crippen LogP contribution in [-0.4, -0.2) is 41.2 Å². The van der Waals surface area contributed by atoms with Gasteiger partial charge in [-0.3, -0.25) is 19.5 Å². The van der Waals surface area contributed by atoms with Crippen molar-refractivity contribution in [2.75, 3.05) is 24.2 Å². The van der Waals surface area contributed by atoms with E-state index in [2.05, 4.69) is 4.99 Å². The van der Waals surface area contributed by atoms with Crippen molar-refractivity contribution in [3.8, 4) is 0 Å². The van der Waals surface area contributed by atoms with Crippen molar-refractivity contribution in [1.82, 2.24) is 4.90 Å². The summed E-state index contributed by atoms with van der Waals surface area (Å²) >= 11 is 2.93. The molecule has 0 saturated carbocycles. The summed E-state index contributed by atoms with van der Waals surface area (Å²) in [6, 6.07) is 9.74. The van der Waals surface area contributed by atoms with E-state index in [9.17, 15) is 9.59 Å². The molecule has 1 aromatic heterocycles. The van der Waals surface area contributed by atoms with Gasteiger partial charge in [0.2, 0.25) is 5.91 Å². The van der Waals surface area contributed by atoms with E-state index in [-0.39, 0.29) is 24.1 Å². The van der Waals surface area contributed by atoms with Crippen LogP contribution in [0.1, 0.15) is 11.1 Å². The average Bonchev–Trinajstić information content (AvgIpc) is 3.23. The topological polar surface area (TPSA) is 53.0 Å². The Bertz CT molecular complexity index is 785. The van der Waals surface area contributed by atoms with Gasteiger partial charge in [-0.05, 0) is 41.4 Å². The van der Waals surface area contributed by atoms with Crippen LogP contribution in [0.25, 0.3) is 0 Å². The molecule has 0 unspecified atom stereocenters. The highest BCUT2D eigenvalue weighted by Crippen LogP contribution is 2.24. The van der Waals surface area contributed by atoms with Gasteiger partial charge in [0.25, 0.3) is 5.91 Å². The van der Waals surface area contributed by atoms with Crippen molar-refractivity contribution in [2.24, 2.45) is 4.99 Å². The van der Waals surface area contributed by atoms with Crippen molar-refractivity contribution in [2.45, 2.75) is 13.5 Å². The van der Waals surface area contributed by atoms with Crippen molar-refractivity contribution >= 4 is 45.8 Å². The number of carbonyl (C=O) groups is 2. The minimum atomic E-state index is -0.0644. The van der Waals surface area contributed by atoms with Crippen LogP contribution in [0.5, 0.6) is 0 Å². The third kappa shape index (κ3) is 4.29. The first-order valence-electron chi connectivity index (χ1n) is 7.86. The largest absolute Gasteiger partial charge is 0.341 e. The van der Waals surface area contributed by atoms with Crippen LogP contribution in [-0.2, 0) is 16.1 Å². The monoisotopic (exact) mass is 373 g/mol. The van der Waals surface area contributed by atoms with Gasteiger partial charge >= 0.3 is 0 Å². The number of anilines is 1. The zero-order valence-electron chi connectivity index (χ0n) is 14.1. The summed E-state index contributed by atoms with van der Waals surface area (Å²) in [6.07, 6.45) is 0. The van der Waals surface area contributed by atoms with Crippen molar-refractivity contribution in [3.63, 3.8) is 0 Å². The number of nitrogens with zero attached hydrogens (tertiary/aromatic N) is 3. The van der Waals surface area contributed by atoms with E-state index in [1.165, 1.54) is 11.8 Å². The molecule has 2 aromatic rings. The molecule has 5 nitrogen and oxygen atoms in total. The molecule has 0 saturated heterocycles. The standard InChI is InChI=1S/C18H19N3O2S2/c1-13-3-5-15(6-4-13)21-16(22)9-19-18(21)25-12-17(23)20(2)10-14-7-8-24-11-14/h3-8,11H,9-10,12H2,1-2H3. The van der Waals surface area contributed by atoms with E-state index in [1.807, 2.05) is 48.0 Å². The minimum absolute atomic E-state index is 0.0158. The molecule has 0 atom stereocenters. The van der Waals surface area contributed by atoms with E-state index < -0.39 is 0 Å². The van der Waals surface area contributed by atoms with Crippen LogP contribution in [0.2, 0.25) is 0 Å². The smallest absolute Gasteiger partial charge is 0.254 e. The number of hydrogen-bond donors (Lipinski definition) is 0. The first-order chi connectivity index (χ1) is 12.0. The van der Waals surface area contributed by atoms with E-state index in [4.69, 9.17) is 0 Å². The Balaban J connectivity index is 1.60. The fourth-order valence-electron chi connectivity index (χ4n) is 2.42. The number of amidine groups is 1. The molecule has 3 rings (SSSR count). The number of carbonyl (C=O) groups excluding carboxylic acids is 2. The third-order valence-corrected chi connectivity index (χ3v) is 5.53. The highest BCUT2D eigenvalue weighted by Gasteiger charge is 2.28. The summed E-state index contributed by atoms with van der Waals surface area (Å²) in [5.74, 6) is 0.210. The molecule has 130 valence electrons. The highest BCUT2D eigenvalue weighted by molar-refractivity contribution is 8.14. The van der Waals surface area contributed by atoms with Crippen molar-refractivity contribution in [3.05, 3.63) is 52.2 Å². The predicted molar refractivity (Wildman–Crippen MR) is 104 cm³/mol. The van der Waals surface area contributed by atoms with Crippen molar-refractivity contribution < 1.29 is 9.59 Å². The van der Waals surface area contributed by atoms with Crippen LogP contribution < -0.4 is 4.90 Å². The number of benzene rings is 1. The summed E-state index contributed by atoms with van der Waals surface area (Å²) in [6.45, 7) is 2.73. The van der Waals surface area contributed by atoms with Crippen LogP contribution in [0.4, 0.5) is 5.69 Å². The molecule has 1 aliphatic heterocycles. The Hall–Kier alpha value is -2.12. The summed E-state index contributed by atoms with van der Waals surface area (Å²) < 4.78 is 0. The second-order valence-electron chi connectivity index (χ2n) is 5.83. The predicted octanol–water partition coefficient (Wildman–Crippen LogP) is 3.15. The Kier molecular flexibility index (Phi) is 5.55. The Labute approximate surface area is 155 Å². The normalized spacial score (nSPS) is 13.9. The first kappa shape index (κ1) is 17.7. The molecule has 0 aliphatic carbocycles. The fraction of sp³-hybridized carbons (Fsp3) is 0.278. The maximum atomic E-state index is 12.3. The SMILES string of the molecule is Cc1ccc(N2C(=O)CN=C2SCC(=O)N(C)Cc2ccsc2)cc1. The first-order valence-corrected chi connectivity index (χ1v) is 9.79. The van der Waals surface area contributed by atoms with Crippen LogP contribution >= 0.6 is 23.1 Å². The number of hydrogen-bond acceptors (Lipinski definition) is 5. The van der Waals surface area contributed by atoms with Crippen LogP contribution in [0.3, 0.4) is 0 Å². The molecule has 1 aromatic carbocycles. The second-order valence-corrected chi connectivity index (χ2v) is 7.56. The van der Waals surface area contributed by atoms with Gasteiger partial charge in [0.05, 0.1) is 11.4 Å². The number of rotatable bonds is 5. The number of thioether (sulfide) groups is 1. The Morgan fingerprint density at radius 2 is 2.08 bits per heavy atom. The molecule has 0 spiro atoms. The van der Waals surface area contributed by atoms with E-state index in [0.29, 0.717) is 11.7 Å². The zero-order chi connectivity index (χ0) is 17.8. The van der Waals surface area contributed by atoms with Gasteiger partial charge < -0.3 is 4.90 Å². The minimum Gasteiger partial charge on any atom is -0.341 e. The molecular formula is C18H19N3O2S2. The molecule has 0 radical (unpaired) electrons. The van der Waals surface area contributed by atoms with Gasteiger partial charge in [0.15, 0.2) is 5.17 Å². The van der Waals surface area contributed by atoms with E-state index in [1.54, 1.807) is 28.2 Å². The van der Waals surface area contributed by atoms with Gasteiger partial charge in [0.1, 0.15) is 6.54 Å². The van der Waals surface area contributed by atoms with E-state index in [0.717, 1.165) is 16.8 Å². The maximum absolute atomic E-state index is 12.3. The number of aliphatic imine (C=N–C) groups is 1. The number of amides is 2. The number of thiophene rings is 1. The Morgan fingerprint density at radius 3 is 2.76 bits per heavy atom. The lowest BCUT2D eigenvalue weighted by atomic mass is 10.2. The maximum Gasteiger partial charge on any atom is 0.254 e. The van der Waals surface area contributed by atoms with Gasteiger partial charge in [-0.2, -0.15) is 11.3 Å². The highest BCUT2D eigenvalue weighted by atomic mass is 32.2. The van der Waals surface area contributed by atoms with Crippen LogP contribution in [0.15, 0.2) is 46.1 Å². The van der Waals surface area contributed by atoms with Crippen molar-refractivity contribution in [1.29, 1.82) is 0 Å². The van der Waals surface area contributed by atoms with Gasteiger partial charge in [0, 0.05) is 13.6 Å². The van der Waals surface area contributed by atoms with Gasteiger partial charge in [-0.25, -0.2) is 0 Å². The zero-order valence-corrected chi connectivity index (χ0v) is 15.8. The molecular weight excluding hydrogens is 354 g/mol. The molecule has 25 heavy (non-hydrogen) atoms. The average molecular weight is 374 g/mol. The van der Waals surface area contributed by atoms with Gasteiger partial charge in [-0.15, -0.1) is 0 Å². The molecule has 0 bridgehead atoms. The van der Waals surface area contributed by atoms with Crippen LogP contribution in [0, 0.1) is 6.92 Å². The van der Waals surface area contributed by atoms with Gasteiger partial charge in [-0.1, -0.05) is 29.5 Å². The molecule has 2 heterocycles. The Morgan fingerprint density at radius 1 is 1.32 bits per heavy atom. The summed E-state index contributed by atoms with van der Waals surface area (Å²) in [5.41, 5.74) is 3.05. The quantitative estimate of drug-likeness (QED) is 0.809. The lowest BCUT2D eigenvalue weighted by molar-refractivity contribution is -0.127.